The molecule has 3 rings (SSSR count). The molecule has 26 heavy (non-hydrogen) atoms. The third-order valence-corrected chi connectivity index (χ3v) is 6.35. The first-order valence-electron chi connectivity index (χ1n) is 7.43. The SMILES string of the molecule is CN1C(=O)S/C(=C\c2cc(Br)c(OCc3ccccc3Cl)c(I)c2)C1=O. The summed E-state index contributed by atoms with van der Waals surface area (Å²) in [5, 5.41) is 0.389. The van der Waals surface area contributed by atoms with Crippen LogP contribution >= 0.6 is 61.9 Å². The minimum atomic E-state index is -0.287. The van der Waals surface area contributed by atoms with E-state index >= 15 is 0 Å². The van der Waals surface area contributed by atoms with Crippen molar-refractivity contribution in [2.45, 2.75) is 6.61 Å². The fraction of sp³-hybridized carbons (Fsp3) is 0.111. The van der Waals surface area contributed by atoms with E-state index in [4.69, 9.17) is 16.3 Å². The van der Waals surface area contributed by atoms with Crippen molar-refractivity contribution >= 4 is 79.1 Å². The lowest BCUT2D eigenvalue weighted by Crippen LogP contribution is -2.22. The third-order valence-electron chi connectivity index (χ3n) is 3.63. The van der Waals surface area contributed by atoms with Crippen LogP contribution in [-0.2, 0) is 11.4 Å². The van der Waals surface area contributed by atoms with Crippen LogP contribution in [0.5, 0.6) is 5.75 Å². The van der Waals surface area contributed by atoms with Gasteiger partial charge < -0.3 is 4.74 Å². The van der Waals surface area contributed by atoms with Gasteiger partial charge in [-0.3, -0.25) is 14.5 Å². The molecule has 0 radical (unpaired) electrons. The number of hydrogen-bond donors (Lipinski definition) is 0. The van der Waals surface area contributed by atoms with E-state index in [0.717, 1.165) is 35.8 Å². The van der Waals surface area contributed by atoms with Crippen molar-refractivity contribution in [1.82, 2.24) is 4.90 Å². The molecule has 0 spiro atoms. The molecule has 0 atom stereocenters. The number of likely N-dealkylation sites (N-methyl/N-ethyl adjacent to an activating group) is 1. The molecular formula is C18H12BrClINO3S. The zero-order valence-corrected chi connectivity index (χ0v) is 18.8. The first kappa shape index (κ1) is 19.7. The number of ether oxygens (including phenoxy) is 1. The third kappa shape index (κ3) is 4.27. The minimum absolute atomic E-state index is 0.269. The van der Waals surface area contributed by atoms with Gasteiger partial charge in [-0.15, -0.1) is 0 Å². The van der Waals surface area contributed by atoms with Gasteiger partial charge in [0, 0.05) is 17.6 Å². The summed E-state index contributed by atoms with van der Waals surface area (Å²) in [5.74, 6) is 0.413. The summed E-state index contributed by atoms with van der Waals surface area (Å²) in [4.78, 5) is 25.1. The van der Waals surface area contributed by atoms with Crippen LogP contribution in [0, 0.1) is 3.57 Å². The summed E-state index contributed by atoms with van der Waals surface area (Å²) in [5.41, 5.74) is 1.71. The van der Waals surface area contributed by atoms with Gasteiger partial charge in [-0.1, -0.05) is 29.8 Å². The Morgan fingerprint density at radius 3 is 2.65 bits per heavy atom. The average molecular weight is 565 g/mol. The quantitative estimate of drug-likeness (QED) is 0.340. The first-order chi connectivity index (χ1) is 12.4. The van der Waals surface area contributed by atoms with Crippen LogP contribution in [0.25, 0.3) is 6.08 Å². The van der Waals surface area contributed by atoms with Gasteiger partial charge in [0.05, 0.1) is 12.9 Å². The van der Waals surface area contributed by atoms with Gasteiger partial charge in [0.25, 0.3) is 11.1 Å². The molecule has 2 aromatic rings. The highest BCUT2D eigenvalue weighted by atomic mass is 127. The molecule has 0 aliphatic carbocycles. The highest BCUT2D eigenvalue weighted by Gasteiger charge is 2.31. The molecule has 1 aliphatic heterocycles. The average Bonchev–Trinajstić information content (AvgIpc) is 2.82. The van der Waals surface area contributed by atoms with Gasteiger partial charge in [0.1, 0.15) is 12.4 Å². The van der Waals surface area contributed by atoms with Crippen LogP contribution in [0.1, 0.15) is 11.1 Å². The fourth-order valence-electron chi connectivity index (χ4n) is 2.26. The Bertz CT molecular complexity index is 911. The van der Waals surface area contributed by atoms with E-state index in [0.29, 0.717) is 22.3 Å². The second kappa shape index (κ2) is 8.33. The van der Waals surface area contributed by atoms with Gasteiger partial charge in [0.2, 0.25) is 0 Å². The molecule has 1 saturated heterocycles. The highest BCUT2D eigenvalue weighted by Crippen LogP contribution is 2.36. The van der Waals surface area contributed by atoms with Crippen molar-refractivity contribution < 1.29 is 14.3 Å². The molecule has 0 bridgehead atoms. The number of imide groups is 1. The van der Waals surface area contributed by atoms with Crippen molar-refractivity contribution in [3.8, 4) is 5.75 Å². The summed E-state index contributed by atoms with van der Waals surface area (Å²) in [6, 6.07) is 11.3. The van der Waals surface area contributed by atoms with E-state index in [1.165, 1.54) is 7.05 Å². The normalized spacial score (nSPS) is 15.8. The zero-order chi connectivity index (χ0) is 18.8. The van der Waals surface area contributed by atoms with Gasteiger partial charge in [-0.05, 0) is 80.1 Å². The second-order valence-corrected chi connectivity index (χ2v) is 8.85. The lowest BCUT2D eigenvalue weighted by atomic mass is 10.2. The Labute approximate surface area is 182 Å². The summed E-state index contributed by atoms with van der Waals surface area (Å²) in [7, 11) is 1.48. The Morgan fingerprint density at radius 1 is 1.31 bits per heavy atom. The minimum Gasteiger partial charge on any atom is -0.487 e. The van der Waals surface area contributed by atoms with Crippen LogP contribution < -0.4 is 4.74 Å². The number of benzene rings is 2. The molecule has 2 aromatic carbocycles. The number of amides is 2. The molecule has 1 aliphatic rings. The zero-order valence-electron chi connectivity index (χ0n) is 13.5. The van der Waals surface area contributed by atoms with E-state index < -0.39 is 0 Å². The number of carbonyl (C=O) groups is 2. The van der Waals surface area contributed by atoms with Crippen molar-refractivity contribution in [3.05, 3.63) is 65.5 Å². The maximum Gasteiger partial charge on any atom is 0.293 e. The number of hydrogen-bond acceptors (Lipinski definition) is 4. The Balaban J connectivity index is 1.82. The number of rotatable bonds is 4. The summed E-state index contributed by atoms with van der Waals surface area (Å²) < 4.78 is 7.56. The van der Waals surface area contributed by atoms with E-state index in [9.17, 15) is 9.59 Å². The Morgan fingerprint density at radius 2 is 2.04 bits per heavy atom. The lowest BCUT2D eigenvalue weighted by Gasteiger charge is -2.12. The number of carbonyl (C=O) groups excluding carboxylic acids is 2. The molecule has 0 N–H and O–H groups in total. The van der Waals surface area contributed by atoms with E-state index in [1.54, 1.807) is 6.08 Å². The smallest absolute Gasteiger partial charge is 0.293 e. The van der Waals surface area contributed by atoms with Gasteiger partial charge >= 0.3 is 0 Å². The predicted molar refractivity (Wildman–Crippen MR) is 116 cm³/mol. The predicted octanol–water partition coefficient (Wildman–Crippen LogP) is 5.95. The number of halogens is 3. The molecule has 8 heteroatoms. The molecular weight excluding hydrogens is 553 g/mol. The van der Waals surface area contributed by atoms with Gasteiger partial charge in [-0.25, -0.2) is 0 Å². The van der Waals surface area contributed by atoms with Crippen molar-refractivity contribution in [2.75, 3.05) is 7.05 Å². The number of thioether (sulfide) groups is 1. The summed E-state index contributed by atoms with van der Waals surface area (Å²) in [6.45, 7) is 0.350. The van der Waals surface area contributed by atoms with Crippen LogP contribution in [0.2, 0.25) is 5.02 Å². The van der Waals surface area contributed by atoms with Crippen LogP contribution in [0.15, 0.2) is 45.8 Å². The lowest BCUT2D eigenvalue weighted by molar-refractivity contribution is -0.121. The van der Waals surface area contributed by atoms with Crippen molar-refractivity contribution in [2.24, 2.45) is 0 Å². The Kier molecular flexibility index (Phi) is 6.32. The molecule has 4 nitrogen and oxygen atoms in total. The molecule has 1 heterocycles. The number of nitrogens with zero attached hydrogens (tertiary/aromatic N) is 1. The van der Waals surface area contributed by atoms with Gasteiger partial charge in [0.15, 0.2) is 0 Å². The molecule has 0 saturated carbocycles. The summed E-state index contributed by atoms with van der Waals surface area (Å²) in [6.07, 6.45) is 1.71. The van der Waals surface area contributed by atoms with Crippen molar-refractivity contribution in [1.29, 1.82) is 0 Å². The summed E-state index contributed by atoms with van der Waals surface area (Å²) >= 11 is 12.8. The fourth-order valence-corrected chi connectivity index (χ4v) is 5.05. The van der Waals surface area contributed by atoms with Crippen LogP contribution in [0.4, 0.5) is 4.79 Å². The van der Waals surface area contributed by atoms with Crippen LogP contribution in [0.3, 0.4) is 0 Å². The standard InChI is InChI=1S/C18H12BrClINO3S/c1-22-17(23)15(26-18(22)24)8-10-6-12(19)16(14(21)7-10)25-9-11-4-2-3-5-13(11)20/h2-8H,9H2,1H3/b15-8-. The Hall–Kier alpha value is -1.03. The first-order valence-corrected chi connectivity index (χ1v) is 10.5. The largest absolute Gasteiger partial charge is 0.487 e. The van der Waals surface area contributed by atoms with E-state index in [1.807, 2.05) is 36.4 Å². The molecule has 134 valence electrons. The molecule has 2 amide bonds. The van der Waals surface area contributed by atoms with E-state index in [2.05, 4.69) is 38.5 Å². The molecule has 0 aromatic heterocycles. The molecule has 0 unspecified atom stereocenters. The van der Waals surface area contributed by atoms with Crippen LogP contribution in [-0.4, -0.2) is 23.1 Å². The topological polar surface area (TPSA) is 46.6 Å². The maximum absolute atomic E-state index is 12.0. The second-order valence-electron chi connectivity index (χ2n) is 5.43. The van der Waals surface area contributed by atoms with E-state index in [-0.39, 0.29) is 11.1 Å². The monoisotopic (exact) mass is 563 g/mol. The molecule has 1 fully saturated rings. The highest BCUT2D eigenvalue weighted by molar-refractivity contribution is 14.1. The maximum atomic E-state index is 12.0. The van der Waals surface area contributed by atoms with Gasteiger partial charge in [-0.2, -0.15) is 0 Å². The van der Waals surface area contributed by atoms with Crippen molar-refractivity contribution in [3.63, 3.8) is 0 Å².